The van der Waals surface area contributed by atoms with Crippen molar-refractivity contribution >= 4 is 17.8 Å². The fourth-order valence-electron chi connectivity index (χ4n) is 6.08. The van der Waals surface area contributed by atoms with Crippen LogP contribution < -0.4 is 10.6 Å². The van der Waals surface area contributed by atoms with E-state index >= 15 is 4.57 Å². The lowest BCUT2D eigenvalue weighted by Crippen LogP contribution is -2.43. The second-order valence-electron chi connectivity index (χ2n) is 11.2. The van der Waals surface area contributed by atoms with Gasteiger partial charge in [0.2, 0.25) is 0 Å². The molecule has 0 saturated heterocycles. The molecule has 4 heteroatoms. The van der Waals surface area contributed by atoms with Gasteiger partial charge in [0.15, 0.2) is 0 Å². The molecule has 0 bridgehead atoms. The fourth-order valence-corrected chi connectivity index (χ4v) is 9.75. The SMILES string of the molecule is C=C(C)C(O)C(C(C)COC(c1ccccc1)(c1ccccc1)c1ccccc1)P(=O)(c1ccccc1)c1ccccc1. The number of benzene rings is 5. The van der Waals surface area contributed by atoms with Crippen LogP contribution in [0.15, 0.2) is 164 Å². The molecule has 0 radical (unpaired) electrons. The van der Waals surface area contributed by atoms with Crippen molar-refractivity contribution in [1.29, 1.82) is 0 Å². The van der Waals surface area contributed by atoms with Gasteiger partial charge in [-0.1, -0.05) is 171 Å². The quantitative estimate of drug-likeness (QED) is 0.0917. The van der Waals surface area contributed by atoms with Gasteiger partial charge in [-0.2, -0.15) is 0 Å². The van der Waals surface area contributed by atoms with Crippen LogP contribution in [0.25, 0.3) is 0 Å². The van der Waals surface area contributed by atoms with Crippen molar-refractivity contribution in [3.8, 4) is 0 Å². The Morgan fingerprint density at radius 1 is 0.674 bits per heavy atom. The number of aliphatic hydroxyl groups is 1. The molecular weight excluding hydrogens is 547 g/mol. The predicted molar refractivity (Wildman–Crippen MR) is 179 cm³/mol. The Labute approximate surface area is 255 Å². The van der Waals surface area contributed by atoms with E-state index in [0.717, 1.165) is 16.7 Å². The summed E-state index contributed by atoms with van der Waals surface area (Å²) in [5, 5.41) is 13.2. The molecule has 0 aliphatic rings. The van der Waals surface area contributed by atoms with Crippen molar-refractivity contribution in [2.75, 3.05) is 6.61 Å². The second kappa shape index (κ2) is 13.5. The molecule has 0 aliphatic carbocycles. The standard InChI is InChI=1S/C39H39O3P/c1-30(2)37(40)38(43(41,35-25-15-7-16-26-35)36-27-17-8-18-28-36)31(3)29-42-39(32-19-9-4-10-20-32,33-21-11-5-12-22-33)34-23-13-6-14-24-34/h4-28,31,37-38,40H,1,29H2,2-3H3. The molecule has 5 aromatic carbocycles. The maximum Gasteiger partial charge on any atom is 0.149 e. The highest BCUT2D eigenvalue weighted by atomic mass is 31.2. The van der Waals surface area contributed by atoms with Gasteiger partial charge in [0.25, 0.3) is 0 Å². The number of aliphatic hydroxyl groups excluding tert-OH is 1. The van der Waals surface area contributed by atoms with Crippen LogP contribution in [0.5, 0.6) is 0 Å². The average molecular weight is 587 g/mol. The molecule has 5 rings (SSSR count). The number of ether oxygens (including phenoxy) is 1. The molecule has 3 nitrogen and oxygen atoms in total. The zero-order valence-corrected chi connectivity index (χ0v) is 25.7. The topological polar surface area (TPSA) is 46.5 Å². The molecule has 0 saturated carbocycles. The van der Waals surface area contributed by atoms with Crippen molar-refractivity contribution in [3.63, 3.8) is 0 Å². The van der Waals surface area contributed by atoms with E-state index in [9.17, 15) is 5.11 Å². The highest BCUT2D eigenvalue weighted by Crippen LogP contribution is 2.54. The van der Waals surface area contributed by atoms with Gasteiger partial charge in [-0.15, -0.1) is 0 Å². The summed E-state index contributed by atoms with van der Waals surface area (Å²) in [5.41, 5.74) is 1.95. The second-order valence-corrected chi connectivity index (χ2v) is 14.1. The Kier molecular flexibility index (Phi) is 9.58. The molecule has 0 amide bonds. The molecule has 0 fully saturated rings. The Bertz CT molecular complexity index is 1500. The van der Waals surface area contributed by atoms with Gasteiger partial charge in [0.1, 0.15) is 12.7 Å². The van der Waals surface area contributed by atoms with E-state index in [-0.39, 0.29) is 12.5 Å². The van der Waals surface area contributed by atoms with Crippen molar-refractivity contribution in [2.45, 2.75) is 31.2 Å². The van der Waals surface area contributed by atoms with Crippen LogP contribution >= 0.6 is 7.14 Å². The van der Waals surface area contributed by atoms with Crippen molar-refractivity contribution in [2.24, 2.45) is 5.92 Å². The maximum atomic E-state index is 15.6. The average Bonchev–Trinajstić information content (AvgIpc) is 3.07. The third-order valence-corrected chi connectivity index (χ3v) is 12.0. The van der Waals surface area contributed by atoms with Crippen LogP contribution in [-0.2, 0) is 14.9 Å². The van der Waals surface area contributed by atoms with Gasteiger partial charge in [-0.05, 0) is 29.5 Å². The van der Waals surface area contributed by atoms with Crippen LogP contribution in [0.1, 0.15) is 30.5 Å². The van der Waals surface area contributed by atoms with Gasteiger partial charge >= 0.3 is 0 Å². The lowest BCUT2D eigenvalue weighted by atomic mass is 9.80. The van der Waals surface area contributed by atoms with Crippen molar-refractivity contribution in [1.82, 2.24) is 0 Å². The first-order valence-electron chi connectivity index (χ1n) is 14.7. The van der Waals surface area contributed by atoms with Gasteiger partial charge in [0.05, 0.1) is 18.4 Å². The Hall–Kier alpha value is -4.01. The summed E-state index contributed by atoms with van der Waals surface area (Å²) >= 11 is 0. The minimum absolute atomic E-state index is 0.233. The first-order valence-corrected chi connectivity index (χ1v) is 16.5. The van der Waals surface area contributed by atoms with Crippen LogP contribution in [0.2, 0.25) is 0 Å². The third kappa shape index (κ3) is 6.08. The molecule has 3 atom stereocenters. The van der Waals surface area contributed by atoms with E-state index in [0.29, 0.717) is 16.2 Å². The molecule has 0 spiro atoms. The van der Waals surface area contributed by atoms with Crippen LogP contribution in [0.4, 0.5) is 0 Å². The third-order valence-electron chi connectivity index (χ3n) is 8.21. The molecule has 218 valence electrons. The predicted octanol–water partition coefficient (Wildman–Crippen LogP) is 7.95. The molecule has 0 aromatic heterocycles. The van der Waals surface area contributed by atoms with Crippen molar-refractivity contribution < 1.29 is 14.4 Å². The van der Waals surface area contributed by atoms with Gasteiger partial charge in [-0.25, -0.2) is 0 Å². The van der Waals surface area contributed by atoms with E-state index in [1.165, 1.54) is 0 Å². The first kappa shape index (κ1) is 30.4. The summed E-state index contributed by atoms with van der Waals surface area (Å²) in [6.45, 7) is 8.16. The summed E-state index contributed by atoms with van der Waals surface area (Å²) < 4.78 is 22.7. The smallest absolute Gasteiger partial charge is 0.149 e. The summed E-state index contributed by atoms with van der Waals surface area (Å²) in [7, 11) is -3.39. The van der Waals surface area contributed by atoms with E-state index in [4.69, 9.17) is 4.74 Å². The van der Waals surface area contributed by atoms with Crippen molar-refractivity contribution in [3.05, 3.63) is 181 Å². The zero-order valence-electron chi connectivity index (χ0n) is 24.8. The molecule has 3 unspecified atom stereocenters. The van der Waals surface area contributed by atoms with Crippen LogP contribution in [0, 0.1) is 5.92 Å². The van der Waals surface area contributed by atoms with Gasteiger partial charge < -0.3 is 14.4 Å². The summed E-state index contributed by atoms with van der Waals surface area (Å²) in [6, 6.07) is 49.7. The molecular formula is C39H39O3P. The van der Waals surface area contributed by atoms with E-state index in [1.54, 1.807) is 6.92 Å². The van der Waals surface area contributed by atoms with Crippen LogP contribution in [0.3, 0.4) is 0 Å². The lowest BCUT2D eigenvalue weighted by molar-refractivity contribution is -0.0111. The Balaban J connectivity index is 1.65. The summed E-state index contributed by atoms with van der Waals surface area (Å²) in [5.74, 6) is -0.326. The molecule has 5 aromatic rings. The molecule has 0 aliphatic heterocycles. The first-order chi connectivity index (χ1) is 20.9. The molecule has 1 N–H and O–H groups in total. The number of rotatable bonds is 12. The normalized spacial score (nSPS) is 14.0. The number of hydrogen-bond donors (Lipinski definition) is 1. The molecule has 0 heterocycles. The van der Waals surface area contributed by atoms with Gasteiger partial charge in [0, 0.05) is 10.6 Å². The summed E-state index contributed by atoms with van der Waals surface area (Å²) in [6.07, 6.45) is -1.01. The Morgan fingerprint density at radius 3 is 1.33 bits per heavy atom. The highest BCUT2D eigenvalue weighted by Gasteiger charge is 2.46. The highest BCUT2D eigenvalue weighted by molar-refractivity contribution is 7.79. The largest absolute Gasteiger partial charge is 0.388 e. The van der Waals surface area contributed by atoms with Gasteiger partial charge in [-0.3, -0.25) is 0 Å². The minimum atomic E-state index is -3.39. The number of hydrogen-bond acceptors (Lipinski definition) is 3. The van der Waals surface area contributed by atoms with E-state index < -0.39 is 24.5 Å². The zero-order chi connectivity index (χ0) is 30.3. The maximum absolute atomic E-state index is 15.6. The summed E-state index contributed by atoms with van der Waals surface area (Å²) in [4.78, 5) is 0. The van der Waals surface area contributed by atoms with E-state index in [2.05, 4.69) is 43.0 Å². The van der Waals surface area contributed by atoms with Crippen LogP contribution in [-0.4, -0.2) is 23.5 Å². The molecule has 43 heavy (non-hydrogen) atoms. The van der Waals surface area contributed by atoms with E-state index in [1.807, 2.05) is 122 Å². The lowest BCUT2D eigenvalue weighted by Gasteiger charge is -2.40. The fraction of sp³-hybridized carbons (Fsp3) is 0.179. The minimum Gasteiger partial charge on any atom is -0.388 e. The monoisotopic (exact) mass is 586 g/mol. The Morgan fingerprint density at radius 2 is 1.00 bits per heavy atom.